The van der Waals surface area contributed by atoms with Gasteiger partial charge in [0.15, 0.2) is 12.2 Å². The minimum absolute atomic E-state index is 0.106. The van der Waals surface area contributed by atoms with Crippen LogP contribution in [-0.4, -0.2) is 96.7 Å². The van der Waals surface area contributed by atoms with Gasteiger partial charge in [0.2, 0.25) is 0 Å². The molecule has 5 atom stereocenters. The Bertz CT molecular complexity index is 1780. The van der Waals surface area contributed by atoms with Gasteiger partial charge in [-0.2, -0.15) is 0 Å². The van der Waals surface area contributed by atoms with Gasteiger partial charge >= 0.3 is 39.5 Å². The van der Waals surface area contributed by atoms with Gasteiger partial charge in [0.1, 0.15) is 19.3 Å². The normalized spacial score (nSPS) is 14.2. The molecule has 3 N–H and O–H groups in total. The van der Waals surface area contributed by atoms with Crippen molar-refractivity contribution in [1.29, 1.82) is 0 Å². The van der Waals surface area contributed by atoms with Crippen LogP contribution in [0.3, 0.4) is 0 Å². The standard InChI is InChI=1S/C72H140O17P2/c1-8-9-10-11-12-13-25-32-39-46-53-69(74)82-59-67(89-72(77)56-49-42-35-28-21-20-24-31-38-45-52-65(6)7)61-86-90(78,79)84-57-66(73)58-85-91(80,81)87-62-68(88-71(76)55-48-41-34-27-19-15-17-23-30-37-44-51-64(4)5)60-83-70(75)54-47-40-33-26-18-14-16-22-29-36-43-50-63(2)3/h63-68,73H,8-62H2,1-7H3,(H,78,79)(H,80,81)/t66-,67+,68+/m0/s1. The van der Waals surface area contributed by atoms with E-state index in [-0.39, 0.29) is 25.7 Å². The van der Waals surface area contributed by atoms with Crippen LogP contribution in [-0.2, 0) is 65.4 Å². The quantitative estimate of drug-likeness (QED) is 0.0222. The zero-order valence-corrected chi connectivity index (χ0v) is 61.1. The highest BCUT2D eigenvalue weighted by atomic mass is 31.2. The van der Waals surface area contributed by atoms with Crippen LogP contribution >= 0.6 is 15.6 Å². The topological polar surface area (TPSA) is 237 Å². The van der Waals surface area contributed by atoms with Crippen molar-refractivity contribution < 1.29 is 80.2 Å². The Kier molecular flexibility index (Phi) is 61.5. The fourth-order valence-electron chi connectivity index (χ4n) is 10.9. The van der Waals surface area contributed by atoms with Crippen molar-refractivity contribution in [2.24, 2.45) is 17.8 Å². The predicted octanol–water partition coefficient (Wildman–Crippen LogP) is 20.6. The first-order valence-electron chi connectivity index (χ1n) is 37.3. The molecule has 0 radical (unpaired) electrons. The van der Waals surface area contributed by atoms with Crippen molar-refractivity contribution in [2.75, 3.05) is 39.6 Å². The molecule has 0 aromatic rings. The molecule has 0 spiro atoms. The molecule has 0 heterocycles. The number of esters is 4. The summed E-state index contributed by atoms with van der Waals surface area (Å²) in [5.41, 5.74) is 0. The van der Waals surface area contributed by atoms with Crippen LogP contribution in [0.15, 0.2) is 0 Å². The Balaban J connectivity index is 5.26. The van der Waals surface area contributed by atoms with E-state index < -0.39 is 97.5 Å². The van der Waals surface area contributed by atoms with Gasteiger partial charge < -0.3 is 33.8 Å². The van der Waals surface area contributed by atoms with Crippen molar-refractivity contribution in [3.05, 3.63) is 0 Å². The van der Waals surface area contributed by atoms with Crippen LogP contribution in [0.5, 0.6) is 0 Å². The number of ether oxygens (including phenoxy) is 4. The van der Waals surface area contributed by atoms with E-state index in [1.165, 1.54) is 173 Å². The number of phosphoric ester groups is 2. The SMILES string of the molecule is CCCCCCCCCCCCC(=O)OC[C@H](COP(=O)(O)OC[C@H](O)COP(=O)(O)OC[C@@H](COC(=O)CCCCCCCCCCCCCC(C)C)OC(=O)CCCCCCCCCCCCCC(C)C)OC(=O)CCCCCCCCCCCCC(C)C. The predicted molar refractivity (Wildman–Crippen MR) is 368 cm³/mol. The van der Waals surface area contributed by atoms with Gasteiger partial charge in [0.05, 0.1) is 26.4 Å². The zero-order valence-electron chi connectivity index (χ0n) is 59.3. The van der Waals surface area contributed by atoms with Gasteiger partial charge in [0.25, 0.3) is 0 Å². The van der Waals surface area contributed by atoms with Crippen molar-refractivity contribution in [3.63, 3.8) is 0 Å². The number of unbranched alkanes of at least 4 members (excludes halogenated alkanes) is 38. The molecular formula is C72H140O17P2. The number of rotatable bonds is 70. The molecule has 17 nitrogen and oxygen atoms in total. The first kappa shape index (κ1) is 89.1. The first-order valence-corrected chi connectivity index (χ1v) is 40.3. The summed E-state index contributed by atoms with van der Waals surface area (Å²) < 4.78 is 68.4. The van der Waals surface area contributed by atoms with Gasteiger partial charge in [-0.25, -0.2) is 9.13 Å². The van der Waals surface area contributed by atoms with Crippen molar-refractivity contribution in [2.45, 2.75) is 381 Å². The van der Waals surface area contributed by atoms with Crippen LogP contribution in [0.25, 0.3) is 0 Å². The van der Waals surface area contributed by atoms with E-state index in [1.807, 2.05) is 0 Å². The maximum atomic E-state index is 13.0. The van der Waals surface area contributed by atoms with Gasteiger partial charge in [0, 0.05) is 25.7 Å². The monoisotopic (exact) mass is 1340 g/mol. The van der Waals surface area contributed by atoms with Crippen molar-refractivity contribution >= 4 is 39.5 Å². The summed E-state index contributed by atoms with van der Waals surface area (Å²) in [7, 11) is -9.90. The van der Waals surface area contributed by atoms with Gasteiger partial charge in [-0.1, -0.05) is 312 Å². The molecule has 0 fully saturated rings. The average Bonchev–Trinajstić information content (AvgIpc) is 3.19. The van der Waals surface area contributed by atoms with Gasteiger partial charge in [-0.3, -0.25) is 37.3 Å². The van der Waals surface area contributed by atoms with E-state index in [0.29, 0.717) is 25.7 Å². The smallest absolute Gasteiger partial charge is 0.462 e. The molecule has 540 valence electrons. The largest absolute Gasteiger partial charge is 0.472 e. The lowest BCUT2D eigenvalue weighted by molar-refractivity contribution is -0.161. The first-order chi connectivity index (χ1) is 43.7. The fourth-order valence-corrected chi connectivity index (χ4v) is 12.5. The van der Waals surface area contributed by atoms with E-state index in [9.17, 15) is 43.2 Å². The molecule has 0 bridgehead atoms. The second-order valence-electron chi connectivity index (χ2n) is 27.4. The highest BCUT2D eigenvalue weighted by molar-refractivity contribution is 7.47. The summed E-state index contributed by atoms with van der Waals surface area (Å²) in [6, 6.07) is 0. The van der Waals surface area contributed by atoms with Gasteiger partial charge in [-0.15, -0.1) is 0 Å². The Labute approximate surface area is 556 Å². The second kappa shape index (κ2) is 62.8. The number of hydrogen-bond acceptors (Lipinski definition) is 15. The third-order valence-corrected chi connectivity index (χ3v) is 18.5. The van der Waals surface area contributed by atoms with E-state index in [1.54, 1.807) is 0 Å². The molecule has 0 aromatic heterocycles. The van der Waals surface area contributed by atoms with Crippen molar-refractivity contribution in [3.8, 4) is 0 Å². The maximum absolute atomic E-state index is 13.0. The lowest BCUT2D eigenvalue weighted by Crippen LogP contribution is -2.30. The zero-order chi connectivity index (χ0) is 67.3. The number of carbonyl (C=O) groups excluding carboxylic acids is 4. The number of carbonyl (C=O) groups is 4. The van der Waals surface area contributed by atoms with Crippen LogP contribution in [0, 0.1) is 17.8 Å². The lowest BCUT2D eigenvalue weighted by Gasteiger charge is -2.21. The highest BCUT2D eigenvalue weighted by Gasteiger charge is 2.30. The Morgan fingerprint density at radius 3 is 0.747 bits per heavy atom. The molecule has 91 heavy (non-hydrogen) atoms. The van der Waals surface area contributed by atoms with Gasteiger partial charge in [-0.05, 0) is 43.4 Å². The third kappa shape index (κ3) is 66.5. The molecule has 0 saturated carbocycles. The fraction of sp³-hybridized carbons (Fsp3) is 0.944. The van der Waals surface area contributed by atoms with Crippen LogP contribution in [0.1, 0.15) is 363 Å². The number of hydrogen-bond donors (Lipinski definition) is 3. The van der Waals surface area contributed by atoms with Crippen LogP contribution in [0.4, 0.5) is 0 Å². The molecule has 0 aliphatic carbocycles. The summed E-state index contributed by atoms with van der Waals surface area (Å²) >= 11 is 0. The number of phosphoric acid groups is 2. The molecular weight excluding hydrogens is 1200 g/mol. The molecule has 0 aromatic carbocycles. The molecule has 19 heteroatoms. The molecule has 0 aliphatic heterocycles. The summed E-state index contributed by atoms with van der Waals surface area (Å²) in [4.78, 5) is 72.6. The Morgan fingerprint density at radius 1 is 0.297 bits per heavy atom. The Morgan fingerprint density at radius 2 is 0.505 bits per heavy atom. The maximum Gasteiger partial charge on any atom is 0.472 e. The van der Waals surface area contributed by atoms with E-state index in [0.717, 1.165) is 108 Å². The average molecular weight is 1340 g/mol. The summed E-state index contributed by atoms with van der Waals surface area (Å²) in [6.45, 7) is 11.9. The minimum atomic E-state index is -4.95. The molecule has 0 rings (SSSR count). The summed E-state index contributed by atoms with van der Waals surface area (Å²) in [6.07, 6.45) is 47.1. The summed E-state index contributed by atoms with van der Waals surface area (Å²) in [5, 5.41) is 10.6. The van der Waals surface area contributed by atoms with E-state index in [4.69, 9.17) is 37.0 Å². The molecule has 2 unspecified atom stereocenters. The summed E-state index contributed by atoms with van der Waals surface area (Å²) in [5.74, 6) is 0.166. The van der Waals surface area contributed by atoms with Crippen molar-refractivity contribution in [1.82, 2.24) is 0 Å². The third-order valence-electron chi connectivity index (χ3n) is 16.6. The van der Waals surface area contributed by atoms with Crippen LogP contribution < -0.4 is 0 Å². The molecule has 0 saturated heterocycles. The molecule has 0 amide bonds. The highest BCUT2D eigenvalue weighted by Crippen LogP contribution is 2.45. The minimum Gasteiger partial charge on any atom is -0.462 e. The number of aliphatic hydroxyl groups is 1. The lowest BCUT2D eigenvalue weighted by atomic mass is 10.0. The second-order valence-corrected chi connectivity index (χ2v) is 30.3. The van der Waals surface area contributed by atoms with E-state index in [2.05, 4.69) is 48.5 Å². The van der Waals surface area contributed by atoms with Crippen LogP contribution in [0.2, 0.25) is 0 Å². The molecule has 0 aliphatic rings. The van der Waals surface area contributed by atoms with E-state index >= 15 is 0 Å². The number of aliphatic hydroxyl groups excluding tert-OH is 1. The Hall–Kier alpha value is -1.94.